The summed E-state index contributed by atoms with van der Waals surface area (Å²) >= 11 is 9.45. The second-order valence-electron chi connectivity index (χ2n) is 4.59. The maximum absolute atomic E-state index is 12.1. The molecule has 5 heteroatoms. The van der Waals surface area contributed by atoms with Gasteiger partial charge in [0.2, 0.25) is 0 Å². The van der Waals surface area contributed by atoms with Crippen molar-refractivity contribution in [1.29, 1.82) is 0 Å². The third kappa shape index (κ3) is 2.54. The number of halogens is 2. The Labute approximate surface area is 119 Å². The summed E-state index contributed by atoms with van der Waals surface area (Å²) in [6, 6.07) is 7.26. The van der Waals surface area contributed by atoms with Crippen LogP contribution < -0.4 is 5.56 Å². The Morgan fingerprint density at radius 1 is 1.39 bits per heavy atom. The average molecular weight is 330 g/mol. The van der Waals surface area contributed by atoms with Crippen LogP contribution in [0.3, 0.4) is 0 Å². The maximum atomic E-state index is 12.1. The second-order valence-corrected chi connectivity index (χ2v) is 5.79. The van der Waals surface area contributed by atoms with Gasteiger partial charge in [-0.05, 0) is 40.4 Å². The standard InChI is InChI=1S/C13H14BrClN2O/c1-8(2)7-10-12(14)13(18)17(16-10)11-6-4-3-5-9(11)15/h3-6,8,16H,7H2,1-2H3. The van der Waals surface area contributed by atoms with Gasteiger partial charge >= 0.3 is 0 Å². The van der Waals surface area contributed by atoms with Crippen LogP contribution in [0.25, 0.3) is 5.69 Å². The summed E-state index contributed by atoms with van der Waals surface area (Å²) in [5.74, 6) is 0.471. The van der Waals surface area contributed by atoms with Crippen LogP contribution in [0.1, 0.15) is 19.5 Å². The molecule has 1 aromatic carbocycles. The molecule has 0 aliphatic rings. The first kappa shape index (κ1) is 13.4. The lowest BCUT2D eigenvalue weighted by atomic mass is 10.1. The van der Waals surface area contributed by atoms with Crippen molar-refractivity contribution in [3.05, 3.63) is 49.8 Å². The third-order valence-electron chi connectivity index (χ3n) is 2.61. The molecule has 0 bridgehead atoms. The number of hydrogen-bond acceptors (Lipinski definition) is 1. The Hall–Kier alpha value is -1.00. The Morgan fingerprint density at radius 3 is 2.67 bits per heavy atom. The highest BCUT2D eigenvalue weighted by Crippen LogP contribution is 2.21. The van der Waals surface area contributed by atoms with E-state index < -0.39 is 0 Å². The van der Waals surface area contributed by atoms with E-state index in [0.717, 1.165) is 12.1 Å². The molecule has 0 fully saturated rings. The summed E-state index contributed by atoms with van der Waals surface area (Å²) in [6.07, 6.45) is 0.813. The third-order valence-corrected chi connectivity index (χ3v) is 3.75. The van der Waals surface area contributed by atoms with Gasteiger partial charge in [0.1, 0.15) is 4.47 Å². The largest absolute Gasteiger partial charge is 0.294 e. The number of hydrogen-bond donors (Lipinski definition) is 1. The van der Waals surface area contributed by atoms with Gasteiger partial charge in [0.25, 0.3) is 5.56 Å². The minimum Gasteiger partial charge on any atom is -0.294 e. The van der Waals surface area contributed by atoms with Gasteiger partial charge in [0, 0.05) is 0 Å². The number of nitrogens with one attached hydrogen (secondary N) is 1. The lowest BCUT2D eigenvalue weighted by Gasteiger charge is -2.05. The monoisotopic (exact) mass is 328 g/mol. The van der Waals surface area contributed by atoms with Crippen LogP contribution in [0.2, 0.25) is 5.02 Å². The Kier molecular flexibility index (Phi) is 3.97. The van der Waals surface area contributed by atoms with E-state index >= 15 is 0 Å². The molecule has 1 heterocycles. The molecule has 0 aliphatic heterocycles. The fraction of sp³-hybridized carbons (Fsp3) is 0.308. The summed E-state index contributed by atoms with van der Waals surface area (Å²) in [5, 5.41) is 3.66. The highest BCUT2D eigenvalue weighted by Gasteiger charge is 2.15. The van der Waals surface area contributed by atoms with Crippen LogP contribution in [0, 0.1) is 5.92 Å². The average Bonchev–Trinajstić information content (AvgIpc) is 2.58. The van der Waals surface area contributed by atoms with Gasteiger partial charge in [-0.2, -0.15) is 0 Å². The molecule has 0 aliphatic carbocycles. The number of para-hydroxylation sites is 1. The molecular weight excluding hydrogens is 316 g/mol. The molecule has 0 radical (unpaired) electrons. The van der Waals surface area contributed by atoms with Crippen molar-refractivity contribution < 1.29 is 0 Å². The lowest BCUT2D eigenvalue weighted by molar-refractivity contribution is 0.626. The van der Waals surface area contributed by atoms with Crippen LogP contribution in [0.15, 0.2) is 33.5 Å². The van der Waals surface area contributed by atoms with Crippen molar-refractivity contribution in [3.63, 3.8) is 0 Å². The van der Waals surface area contributed by atoms with Crippen LogP contribution in [-0.4, -0.2) is 9.78 Å². The van der Waals surface area contributed by atoms with E-state index in [2.05, 4.69) is 34.9 Å². The van der Waals surface area contributed by atoms with Crippen LogP contribution in [0.4, 0.5) is 0 Å². The summed E-state index contributed by atoms with van der Waals surface area (Å²) in [4.78, 5) is 12.1. The lowest BCUT2D eigenvalue weighted by Crippen LogP contribution is -2.14. The molecule has 0 atom stereocenters. The van der Waals surface area contributed by atoms with Gasteiger partial charge in [-0.15, -0.1) is 0 Å². The van der Waals surface area contributed by atoms with E-state index in [-0.39, 0.29) is 5.56 Å². The first-order valence-electron chi connectivity index (χ1n) is 5.75. The molecule has 2 aromatic rings. The fourth-order valence-corrected chi connectivity index (χ4v) is 2.46. The SMILES string of the molecule is CC(C)Cc1[nH]n(-c2ccccc2Cl)c(=O)c1Br. The van der Waals surface area contributed by atoms with E-state index in [9.17, 15) is 4.79 Å². The quantitative estimate of drug-likeness (QED) is 0.914. The highest BCUT2D eigenvalue weighted by molar-refractivity contribution is 9.10. The van der Waals surface area contributed by atoms with E-state index in [4.69, 9.17) is 11.6 Å². The Morgan fingerprint density at radius 2 is 2.06 bits per heavy atom. The molecule has 0 saturated heterocycles. The Bertz CT molecular complexity index is 616. The van der Waals surface area contributed by atoms with E-state index in [1.807, 2.05) is 18.2 Å². The van der Waals surface area contributed by atoms with E-state index in [0.29, 0.717) is 21.1 Å². The predicted octanol–water partition coefficient (Wildman–Crippen LogP) is 3.78. The molecular formula is C13H14BrClN2O. The normalized spacial score (nSPS) is 11.2. The maximum Gasteiger partial charge on any atom is 0.285 e. The Balaban J connectivity index is 2.54. The van der Waals surface area contributed by atoms with Gasteiger partial charge < -0.3 is 0 Å². The van der Waals surface area contributed by atoms with Crippen molar-refractivity contribution in [2.24, 2.45) is 5.92 Å². The van der Waals surface area contributed by atoms with Gasteiger partial charge in [0.15, 0.2) is 0 Å². The van der Waals surface area contributed by atoms with Crippen molar-refractivity contribution in [3.8, 4) is 5.69 Å². The molecule has 0 saturated carbocycles. The zero-order valence-electron chi connectivity index (χ0n) is 10.2. The molecule has 2 rings (SSSR count). The van der Waals surface area contributed by atoms with E-state index in [1.165, 1.54) is 4.68 Å². The zero-order chi connectivity index (χ0) is 13.3. The summed E-state index contributed by atoms with van der Waals surface area (Å²) in [7, 11) is 0. The molecule has 3 nitrogen and oxygen atoms in total. The van der Waals surface area contributed by atoms with E-state index in [1.54, 1.807) is 6.07 Å². The summed E-state index contributed by atoms with van der Waals surface area (Å²) < 4.78 is 2.06. The molecule has 0 amide bonds. The van der Waals surface area contributed by atoms with Crippen LogP contribution in [-0.2, 0) is 6.42 Å². The second kappa shape index (κ2) is 5.33. The first-order chi connectivity index (χ1) is 8.50. The fourth-order valence-electron chi connectivity index (χ4n) is 1.81. The van der Waals surface area contributed by atoms with Gasteiger partial charge in [-0.25, -0.2) is 4.68 Å². The van der Waals surface area contributed by atoms with Gasteiger partial charge in [-0.3, -0.25) is 9.89 Å². The first-order valence-corrected chi connectivity index (χ1v) is 6.92. The number of aromatic nitrogens is 2. The molecule has 1 aromatic heterocycles. The molecule has 96 valence electrons. The molecule has 0 unspecified atom stereocenters. The van der Waals surface area contributed by atoms with Crippen molar-refractivity contribution in [1.82, 2.24) is 9.78 Å². The van der Waals surface area contributed by atoms with Crippen molar-refractivity contribution in [2.75, 3.05) is 0 Å². The number of nitrogens with zero attached hydrogens (tertiary/aromatic N) is 1. The van der Waals surface area contributed by atoms with Crippen molar-refractivity contribution >= 4 is 27.5 Å². The zero-order valence-corrected chi connectivity index (χ0v) is 12.5. The van der Waals surface area contributed by atoms with Crippen LogP contribution >= 0.6 is 27.5 Å². The number of aromatic amines is 1. The highest BCUT2D eigenvalue weighted by atomic mass is 79.9. The summed E-state index contributed by atoms with van der Waals surface area (Å²) in [6.45, 7) is 4.22. The minimum atomic E-state index is -0.112. The molecule has 0 spiro atoms. The topological polar surface area (TPSA) is 37.8 Å². The number of rotatable bonds is 3. The smallest absolute Gasteiger partial charge is 0.285 e. The van der Waals surface area contributed by atoms with Crippen molar-refractivity contribution in [2.45, 2.75) is 20.3 Å². The predicted molar refractivity (Wildman–Crippen MR) is 77.6 cm³/mol. The summed E-state index contributed by atoms with van der Waals surface area (Å²) in [5.41, 5.74) is 1.45. The number of H-pyrrole nitrogens is 1. The van der Waals surface area contributed by atoms with Crippen LogP contribution in [0.5, 0.6) is 0 Å². The molecule has 18 heavy (non-hydrogen) atoms. The number of benzene rings is 1. The molecule has 1 N–H and O–H groups in total. The van der Waals surface area contributed by atoms with Gasteiger partial charge in [0.05, 0.1) is 16.4 Å². The minimum absolute atomic E-state index is 0.112. The van der Waals surface area contributed by atoms with Gasteiger partial charge in [-0.1, -0.05) is 37.6 Å².